The van der Waals surface area contributed by atoms with Gasteiger partial charge in [-0.05, 0) is 37.0 Å². The highest BCUT2D eigenvalue weighted by Gasteiger charge is 2.08. The summed E-state index contributed by atoms with van der Waals surface area (Å²) in [6.07, 6.45) is 4.98. The van der Waals surface area contributed by atoms with Crippen molar-refractivity contribution in [2.24, 2.45) is 0 Å². The molecule has 2 N–H and O–H groups in total. The van der Waals surface area contributed by atoms with Gasteiger partial charge in [-0.3, -0.25) is 4.79 Å². The molecule has 0 unspecified atom stereocenters. The molecule has 0 radical (unpaired) electrons. The maximum atomic E-state index is 12.1. The molecule has 0 spiro atoms. The van der Waals surface area contributed by atoms with Crippen LogP contribution in [0.25, 0.3) is 0 Å². The number of pyridine rings is 1. The van der Waals surface area contributed by atoms with Crippen LogP contribution < -0.4 is 10.6 Å². The molecule has 0 aliphatic rings. The van der Waals surface area contributed by atoms with E-state index < -0.39 is 0 Å². The summed E-state index contributed by atoms with van der Waals surface area (Å²) in [6.45, 7) is 2.83. The fourth-order valence-electron chi connectivity index (χ4n) is 1.75. The Balaban J connectivity index is 2.69. The average molecular weight is 281 g/mol. The zero-order valence-electron chi connectivity index (χ0n) is 12.0. The number of amides is 1. The van der Waals surface area contributed by atoms with E-state index >= 15 is 0 Å². The normalized spacial score (nSPS) is 10.3. The second kappa shape index (κ2) is 8.80. The fraction of sp³-hybridized carbons (Fsp3) is 0.571. The third-order valence-electron chi connectivity index (χ3n) is 2.71. The first-order valence-corrected chi connectivity index (χ1v) is 8.06. The third-order valence-corrected chi connectivity index (χ3v) is 3.41. The molecule has 0 fully saturated rings. The lowest BCUT2D eigenvalue weighted by Crippen LogP contribution is -2.25. The number of thioether (sulfide) groups is 1. The van der Waals surface area contributed by atoms with Gasteiger partial charge in [0, 0.05) is 24.8 Å². The van der Waals surface area contributed by atoms with Crippen LogP contribution in [0, 0.1) is 0 Å². The standard InChI is InChI=1S/C14H23N3OS/c1-4-6-12-9-11(10-13(15-2)17-12)14(18)16-7-5-8-19-3/h9-10H,4-8H2,1-3H3,(H,15,17)(H,16,18). The summed E-state index contributed by atoms with van der Waals surface area (Å²) in [4.78, 5) is 16.5. The molecule has 5 heteroatoms. The molecule has 0 saturated carbocycles. The van der Waals surface area contributed by atoms with Crippen molar-refractivity contribution in [2.75, 3.05) is 30.9 Å². The zero-order chi connectivity index (χ0) is 14.1. The first kappa shape index (κ1) is 15.8. The van der Waals surface area contributed by atoms with Gasteiger partial charge in [0.15, 0.2) is 0 Å². The number of hydrogen-bond donors (Lipinski definition) is 2. The summed E-state index contributed by atoms with van der Waals surface area (Å²) >= 11 is 1.79. The van der Waals surface area contributed by atoms with E-state index in [0.717, 1.165) is 43.1 Å². The van der Waals surface area contributed by atoms with Crippen molar-refractivity contribution < 1.29 is 4.79 Å². The van der Waals surface area contributed by atoms with Crippen LogP contribution >= 0.6 is 11.8 Å². The van der Waals surface area contributed by atoms with Gasteiger partial charge in [-0.1, -0.05) is 13.3 Å². The summed E-state index contributed by atoms with van der Waals surface area (Å²) in [5, 5.41) is 5.95. The zero-order valence-corrected chi connectivity index (χ0v) is 12.8. The lowest BCUT2D eigenvalue weighted by molar-refractivity contribution is 0.0953. The predicted octanol–water partition coefficient (Wildman–Crippen LogP) is 2.56. The predicted molar refractivity (Wildman–Crippen MR) is 83.1 cm³/mol. The monoisotopic (exact) mass is 281 g/mol. The Morgan fingerprint density at radius 2 is 2.21 bits per heavy atom. The maximum absolute atomic E-state index is 12.1. The highest BCUT2D eigenvalue weighted by Crippen LogP contribution is 2.11. The van der Waals surface area contributed by atoms with Gasteiger partial charge in [0.1, 0.15) is 5.82 Å². The van der Waals surface area contributed by atoms with Crippen molar-refractivity contribution in [1.29, 1.82) is 0 Å². The number of nitrogens with one attached hydrogen (secondary N) is 2. The van der Waals surface area contributed by atoms with Crippen LogP contribution in [-0.4, -0.2) is 36.5 Å². The maximum Gasteiger partial charge on any atom is 0.251 e. The third kappa shape index (κ3) is 5.51. The Kier molecular flexibility index (Phi) is 7.33. The first-order valence-electron chi connectivity index (χ1n) is 6.67. The molecule has 106 valence electrons. The van der Waals surface area contributed by atoms with E-state index in [1.54, 1.807) is 17.8 Å². The van der Waals surface area contributed by atoms with Crippen LogP contribution in [0.4, 0.5) is 5.82 Å². The average Bonchev–Trinajstić information content (AvgIpc) is 2.43. The van der Waals surface area contributed by atoms with E-state index in [4.69, 9.17) is 0 Å². The molecule has 1 heterocycles. The topological polar surface area (TPSA) is 54.0 Å². The van der Waals surface area contributed by atoms with Crippen LogP contribution in [0.5, 0.6) is 0 Å². The Morgan fingerprint density at radius 1 is 1.42 bits per heavy atom. The molecule has 0 atom stereocenters. The molecule has 4 nitrogen and oxygen atoms in total. The van der Waals surface area contributed by atoms with E-state index in [0.29, 0.717) is 5.56 Å². The number of aryl methyl sites for hydroxylation is 1. The van der Waals surface area contributed by atoms with Gasteiger partial charge in [0.05, 0.1) is 0 Å². The summed E-state index contributed by atoms with van der Waals surface area (Å²) < 4.78 is 0. The Labute approximate surface area is 119 Å². The molecule has 0 saturated heterocycles. The van der Waals surface area contributed by atoms with Gasteiger partial charge in [-0.15, -0.1) is 0 Å². The molecular formula is C14H23N3OS. The molecule has 1 aromatic rings. The van der Waals surface area contributed by atoms with E-state index in [1.807, 2.05) is 13.1 Å². The summed E-state index contributed by atoms with van der Waals surface area (Å²) in [7, 11) is 1.82. The quantitative estimate of drug-likeness (QED) is 0.719. The molecule has 0 aliphatic heterocycles. The number of aromatic nitrogens is 1. The van der Waals surface area contributed by atoms with Crippen molar-refractivity contribution in [3.05, 3.63) is 23.4 Å². The number of rotatable bonds is 8. The highest BCUT2D eigenvalue weighted by molar-refractivity contribution is 7.98. The minimum atomic E-state index is -0.0163. The lowest BCUT2D eigenvalue weighted by Gasteiger charge is -2.09. The Hall–Kier alpha value is -1.23. The summed E-state index contributed by atoms with van der Waals surface area (Å²) in [6, 6.07) is 3.68. The van der Waals surface area contributed by atoms with Gasteiger partial charge < -0.3 is 10.6 Å². The summed E-state index contributed by atoms with van der Waals surface area (Å²) in [5.74, 6) is 1.80. The van der Waals surface area contributed by atoms with Crippen molar-refractivity contribution in [3.8, 4) is 0 Å². The van der Waals surface area contributed by atoms with E-state index in [1.165, 1.54) is 0 Å². The van der Waals surface area contributed by atoms with Gasteiger partial charge in [-0.25, -0.2) is 4.98 Å². The first-order chi connectivity index (χ1) is 9.21. The molecule has 1 amide bonds. The molecule has 0 aromatic carbocycles. The van der Waals surface area contributed by atoms with Crippen molar-refractivity contribution in [2.45, 2.75) is 26.2 Å². The van der Waals surface area contributed by atoms with Gasteiger partial charge in [0.25, 0.3) is 5.91 Å². The Morgan fingerprint density at radius 3 is 2.84 bits per heavy atom. The number of anilines is 1. The molecule has 0 aliphatic carbocycles. The number of carbonyl (C=O) groups is 1. The van der Waals surface area contributed by atoms with Crippen LogP contribution in [0.15, 0.2) is 12.1 Å². The molecule has 1 aromatic heterocycles. The second-order valence-electron chi connectivity index (χ2n) is 4.33. The van der Waals surface area contributed by atoms with Crippen LogP contribution in [0.3, 0.4) is 0 Å². The molecule has 19 heavy (non-hydrogen) atoms. The molecular weight excluding hydrogens is 258 g/mol. The van der Waals surface area contributed by atoms with Crippen LogP contribution in [0.2, 0.25) is 0 Å². The van der Waals surface area contributed by atoms with E-state index in [2.05, 4.69) is 28.8 Å². The smallest absolute Gasteiger partial charge is 0.251 e. The van der Waals surface area contributed by atoms with Crippen molar-refractivity contribution >= 4 is 23.5 Å². The minimum absolute atomic E-state index is 0.0163. The van der Waals surface area contributed by atoms with E-state index in [9.17, 15) is 4.79 Å². The van der Waals surface area contributed by atoms with E-state index in [-0.39, 0.29) is 5.91 Å². The van der Waals surface area contributed by atoms with Crippen molar-refractivity contribution in [1.82, 2.24) is 10.3 Å². The van der Waals surface area contributed by atoms with Crippen LogP contribution in [0.1, 0.15) is 35.8 Å². The van der Waals surface area contributed by atoms with Gasteiger partial charge in [-0.2, -0.15) is 11.8 Å². The summed E-state index contributed by atoms with van der Waals surface area (Å²) in [5.41, 5.74) is 1.65. The number of nitrogens with zero attached hydrogens (tertiary/aromatic N) is 1. The molecule has 1 rings (SSSR count). The van der Waals surface area contributed by atoms with Crippen molar-refractivity contribution in [3.63, 3.8) is 0 Å². The van der Waals surface area contributed by atoms with Crippen LogP contribution in [-0.2, 0) is 6.42 Å². The number of carbonyl (C=O) groups excluding carboxylic acids is 1. The second-order valence-corrected chi connectivity index (χ2v) is 5.32. The number of hydrogen-bond acceptors (Lipinski definition) is 4. The van der Waals surface area contributed by atoms with Gasteiger partial charge >= 0.3 is 0 Å². The SMILES string of the molecule is CCCc1cc(C(=O)NCCCSC)cc(NC)n1. The molecule has 0 bridgehead atoms. The lowest BCUT2D eigenvalue weighted by atomic mass is 10.1. The largest absolute Gasteiger partial charge is 0.373 e. The fourth-order valence-corrected chi connectivity index (χ4v) is 2.18. The van der Waals surface area contributed by atoms with Gasteiger partial charge in [0.2, 0.25) is 0 Å². The Bertz CT molecular complexity index is 410. The highest BCUT2D eigenvalue weighted by atomic mass is 32.2. The minimum Gasteiger partial charge on any atom is -0.373 e.